The predicted octanol–water partition coefficient (Wildman–Crippen LogP) is 5.19. The molecular weight excluding hydrogens is 206 g/mol. The number of hydrogen-bond donors (Lipinski definition) is 0. The van der Waals surface area contributed by atoms with Gasteiger partial charge < -0.3 is 0 Å². The first-order valence-corrected chi connectivity index (χ1v) is 6.82. The van der Waals surface area contributed by atoms with Gasteiger partial charge in [0.25, 0.3) is 0 Å². The predicted molar refractivity (Wildman–Crippen MR) is 76.1 cm³/mol. The summed E-state index contributed by atoms with van der Waals surface area (Å²) in [5.74, 6) is 0.591. The Morgan fingerprint density at radius 3 is 2.82 bits per heavy atom. The standard InChI is InChI=1S/C16H25N/c1-5-7-8-10-14(4)16-15(13(3)6-2)11-9-12-17-16/h9-13H,5-8H2,1-4H3/b14-10+. The lowest BCUT2D eigenvalue weighted by atomic mass is 9.94. The summed E-state index contributed by atoms with van der Waals surface area (Å²) in [5.41, 5.74) is 3.91. The molecule has 0 radical (unpaired) electrons. The highest BCUT2D eigenvalue weighted by atomic mass is 14.7. The maximum atomic E-state index is 4.56. The topological polar surface area (TPSA) is 12.9 Å². The van der Waals surface area contributed by atoms with Crippen LogP contribution >= 0.6 is 0 Å². The van der Waals surface area contributed by atoms with Gasteiger partial charge in [0.1, 0.15) is 0 Å². The van der Waals surface area contributed by atoms with Crippen molar-refractivity contribution >= 4 is 5.57 Å². The molecule has 1 unspecified atom stereocenters. The third-order valence-corrected chi connectivity index (χ3v) is 3.36. The molecule has 1 heterocycles. The molecule has 0 aliphatic heterocycles. The molecule has 1 nitrogen and oxygen atoms in total. The van der Waals surface area contributed by atoms with Gasteiger partial charge in [-0.3, -0.25) is 4.98 Å². The Hall–Kier alpha value is -1.11. The lowest BCUT2D eigenvalue weighted by molar-refractivity contribution is 0.726. The van der Waals surface area contributed by atoms with Gasteiger partial charge in [-0.1, -0.05) is 45.8 Å². The summed E-state index contributed by atoms with van der Waals surface area (Å²) in [7, 11) is 0. The average Bonchev–Trinajstić information content (AvgIpc) is 2.38. The smallest absolute Gasteiger partial charge is 0.0690 e. The van der Waals surface area contributed by atoms with Crippen LogP contribution in [0.2, 0.25) is 0 Å². The van der Waals surface area contributed by atoms with Gasteiger partial charge in [-0.15, -0.1) is 0 Å². The Bertz CT molecular complexity index is 366. The summed E-state index contributed by atoms with van der Waals surface area (Å²) < 4.78 is 0. The van der Waals surface area contributed by atoms with Crippen molar-refractivity contribution in [2.75, 3.05) is 0 Å². The molecule has 1 heteroatoms. The quantitative estimate of drug-likeness (QED) is 0.614. The number of nitrogens with zero attached hydrogens (tertiary/aromatic N) is 1. The van der Waals surface area contributed by atoms with E-state index in [0.29, 0.717) is 5.92 Å². The molecule has 0 bridgehead atoms. The molecule has 1 aromatic heterocycles. The van der Waals surface area contributed by atoms with Gasteiger partial charge in [0.05, 0.1) is 5.69 Å². The number of pyridine rings is 1. The molecule has 0 spiro atoms. The molecule has 0 aromatic carbocycles. The van der Waals surface area contributed by atoms with E-state index in [2.05, 4.69) is 44.8 Å². The van der Waals surface area contributed by atoms with Crippen molar-refractivity contribution in [2.45, 2.75) is 59.3 Å². The second-order valence-corrected chi connectivity index (χ2v) is 4.78. The van der Waals surface area contributed by atoms with Crippen molar-refractivity contribution in [1.29, 1.82) is 0 Å². The number of unbranched alkanes of at least 4 members (excludes halogenated alkanes) is 2. The molecule has 0 saturated carbocycles. The third-order valence-electron chi connectivity index (χ3n) is 3.36. The molecule has 0 N–H and O–H groups in total. The highest BCUT2D eigenvalue weighted by Gasteiger charge is 2.10. The zero-order chi connectivity index (χ0) is 12.7. The normalized spacial score (nSPS) is 13.8. The Labute approximate surface area is 106 Å². The van der Waals surface area contributed by atoms with Crippen molar-refractivity contribution in [3.05, 3.63) is 35.7 Å². The van der Waals surface area contributed by atoms with Crippen LogP contribution in [-0.2, 0) is 0 Å². The third kappa shape index (κ3) is 3.99. The van der Waals surface area contributed by atoms with Gasteiger partial charge in [0.2, 0.25) is 0 Å². The van der Waals surface area contributed by atoms with Gasteiger partial charge in [-0.25, -0.2) is 0 Å². The first-order valence-electron chi connectivity index (χ1n) is 6.82. The summed E-state index contributed by atoms with van der Waals surface area (Å²) in [6, 6.07) is 4.26. The Kier molecular flexibility index (Phi) is 5.96. The maximum absolute atomic E-state index is 4.56. The summed E-state index contributed by atoms with van der Waals surface area (Å²) in [6.07, 6.45) is 9.09. The van der Waals surface area contributed by atoms with Gasteiger partial charge in [-0.2, -0.15) is 0 Å². The molecule has 1 rings (SSSR count). The van der Waals surface area contributed by atoms with Crippen molar-refractivity contribution in [1.82, 2.24) is 4.98 Å². The molecule has 1 aromatic rings. The molecule has 0 aliphatic carbocycles. The van der Waals surface area contributed by atoms with E-state index in [9.17, 15) is 0 Å². The van der Waals surface area contributed by atoms with E-state index >= 15 is 0 Å². The minimum Gasteiger partial charge on any atom is -0.256 e. The SMILES string of the molecule is CCCC/C=C(\C)c1ncccc1C(C)CC. The Balaban J connectivity index is 2.92. The van der Waals surface area contributed by atoms with Gasteiger partial charge in [-0.05, 0) is 42.9 Å². The van der Waals surface area contributed by atoms with Crippen LogP contribution in [0.15, 0.2) is 24.4 Å². The molecule has 0 aliphatic rings. The summed E-state index contributed by atoms with van der Waals surface area (Å²) in [6.45, 7) is 8.93. The number of aromatic nitrogens is 1. The van der Waals surface area contributed by atoms with Crippen LogP contribution in [0, 0.1) is 0 Å². The molecule has 0 fully saturated rings. The van der Waals surface area contributed by atoms with Crippen molar-refractivity contribution in [2.24, 2.45) is 0 Å². The number of rotatable bonds is 6. The summed E-state index contributed by atoms with van der Waals surface area (Å²) >= 11 is 0. The Morgan fingerprint density at radius 2 is 2.18 bits per heavy atom. The van der Waals surface area contributed by atoms with Crippen molar-refractivity contribution in [3.8, 4) is 0 Å². The van der Waals surface area contributed by atoms with Crippen LogP contribution in [0.1, 0.15) is 70.6 Å². The van der Waals surface area contributed by atoms with Gasteiger partial charge in [0.15, 0.2) is 0 Å². The summed E-state index contributed by atoms with van der Waals surface area (Å²) in [4.78, 5) is 4.56. The molecular formula is C16H25N. The van der Waals surface area contributed by atoms with E-state index < -0.39 is 0 Å². The van der Waals surface area contributed by atoms with Gasteiger partial charge in [0, 0.05) is 6.20 Å². The highest BCUT2D eigenvalue weighted by molar-refractivity contribution is 5.63. The van der Waals surface area contributed by atoms with Crippen LogP contribution in [0.25, 0.3) is 5.57 Å². The van der Waals surface area contributed by atoms with E-state index in [1.807, 2.05) is 12.3 Å². The average molecular weight is 231 g/mol. The fraction of sp³-hybridized carbons (Fsp3) is 0.562. The molecule has 17 heavy (non-hydrogen) atoms. The lowest BCUT2D eigenvalue weighted by Crippen LogP contribution is -1.99. The van der Waals surface area contributed by atoms with Crippen LogP contribution in [0.3, 0.4) is 0 Å². The van der Waals surface area contributed by atoms with E-state index in [1.54, 1.807) is 0 Å². The van der Waals surface area contributed by atoms with Crippen LogP contribution < -0.4 is 0 Å². The molecule has 0 saturated heterocycles. The first kappa shape index (κ1) is 14.0. The number of hydrogen-bond acceptors (Lipinski definition) is 1. The van der Waals surface area contributed by atoms with Crippen LogP contribution in [0.4, 0.5) is 0 Å². The fourth-order valence-corrected chi connectivity index (χ4v) is 1.98. The van der Waals surface area contributed by atoms with E-state index in [-0.39, 0.29) is 0 Å². The molecule has 94 valence electrons. The van der Waals surface area contributed by atoms with Crippen LogP contribution in [-0.4, -0.2) is 4.98 Å². The van der Waals surface area contributed by atoms with Crippen LogP contribution in [0.5, 0.6) is 0 Å². The van der Waals surface area contributed by atoms with E-state index in [1.165, 1.54) is 42.5 Å². The summed E-state index contributed by atoms with van der Waals surface area (Å²) in [5, 5.41) is 0. The largest absolute Gasteiger partial charge is 0.256 e. The second-order valence-electron chi connectivity index (χ2n) is 4.78. The second kappa shape index (κ2) is 7.26. The van der Waals surface area contributed by atoms with Crippen molar-refractivity contribution < 1.29 is 0 Å². The molecule has 0 amide bonds. The monoisotopic (exact) mass is 231 g/mol. The van der Waals surface area contributed by atoms with Gasteiger partial charge >= 0.3 is 0 Å². The van der Waals surface area contributed by atoms with E-state index in [0.717, 1.165) is 0 Å². The zero-order valence-electron chi connectivity index (χ0n) is 11.7. The maximum Gasteiger partial charge on any atom is 0.0690 e. The van der Waals surface area contributed by atoms with Crippen molar-refractivity contribution in [3.63, 3.8) is 0 Å². The Morgan fingerprint density at radius 1 is 1.41 bits per heavy atom. The van der Waals surface area contributed by atoms with E-state index in [4.69, 9.17) is 0 Å². The lowest BCUT2D eigenvalue weighted by Gasteiger charge is -2.14. The first-order chi connectivity index (χ1) is 8.20. The highest BCUT2D eigenvalue weighted by Crippen LogP contribution is 2.26. The zero-order valence-corrected chi connectivity index (χ0v) is 11.7. The minimum absolute atomic E-state index is 0.591. The number of allylic oxidation sites excluding steroid dienone is 2. The minimum atomic E-state index is 0.591. The fourth-order valence-electron chi connectivity index (χ4n) is 1.98. The molecule has 1 atom stereocenters.